The van der Waals surface area contributed by atoms with Crippen molar-refractivity contribution in [2.75, 3.05) is 40.5 Å². The molecule has 4 rings (SSSR count). The first-order valence-corrected chi connectivity index (χ1v) is 14.5. The van der Waals surface area contributed by atoms with Crippen LogP contribution in [0.25, 0.3) is 0 Å². The molecule has 0 spiro atoms. The van der Waals surface area contributed by atoms with Crippen LogP contribution in [-0.2, 0) is 28.7 Å². The molecule has 2 heterocycles. The van der Waals surface area contributed by atoms with Crippen LogP contribution < -0.4 is 9.47 Å². The lowest BCUT2D eigenvalue weighted by molar-refractivity contribution is -0.137. The fourth-order valence-corrected chi connectivity index (χ4v) is 5.78. The van der Waals surface area contributed by atoms with Gasteiger partial charge in [-0.1, -0.05) is 12.1 Å². The number of alkyl halides is 3. The Labute approximate surface area is 247 Å². The van der Waals surface area contributed by atoms with Crippen molar-refractivity contribution < 1.29 is 37.0 Å². The number of nitrogens with zero attached hydrogens (tertiary/aromatic N) is 2. The number of hydrogen-bond acceptors (Lipinski definition) is 6. The summed E-state index contributed by atoms with van der Waals surface area (Å²) < 4.78 is 56.6. The van der Waals surface area contributed by atoms with E-state index >= 15 is 0 Å². The van der Waals surface area contributed by atoms with Crippen LogP contribution in [0.3, 0.4) is 0 Å². The number of amides is 2. The summed E-state index contributed by atoms with van der Waals surface area (Å²) >= 11 is 1.58. The van der Waals surface area contributed by atoms with Gasteiger partial charge >= 0.3 is 6.18 Å². The average Bonchev–Trinajstić information content (AvgIpc) is 3.65. The molecule has 11 heteroatoms. The number of carbonyl (C=O) groups excluding carboxylic acids is 2. The van der Waals surface area contributed by atoms with E-state index in [1.165, 1.54) is 17.0 Å². The number of thiophene rings is 1. The highest BCUT2D eigenvalue weighted by atomic mass is 32.1. The summed E-state index contributed by atoms with van der Waals surface area (Å²) in [4.78, 5) is 32.5. The first-order valence-electron chi connectivity index (χ1n) is 13.7. The number of hydrogen-bond donors (Lipinski definition) is 0. The molecule has 7 nitrogen and oxygen atoms in total. The minimum Gasteiger partial charge on any atom is -0.493 e. The predicted octanol–water partition coefficient (Wildman–Crippen LogP) is 5.99. The lowest BCUT2D eigenvalue weighted by atomic mass is 10.1. The van der Waals surface area contributed by atoms with Gasteiger partial charge in [0, 0.05) is 35.0 Å². The van der Waals surface area contributed by atoms with E-state index in [0.717, 1.165) is 33.9 Å². The van der Waals surface area contributed by atoms with Crippen LogP contribution in [0.1, 0.15) is 44.1 Å². The highest BCUT2D eigenvalue weighted by Crippen LogP contribution is 2.30. The summed E-state index contributed by atoms with van der Waals surface area (Å²) in [5.41, 5.74) is -0.105. The largest absolute Gasteiger partial charge is 0.493 e. The minimum absolute atomic E-state index is 0.114. The molecule has 2 aromatic carbocycles. The molecule has 0 radical (unpaired) electrons. The van der Waals surface area contributed by atoms with Crippen molar-refractivity contribution in [1.29, 1.82) is 0 Å². The second kappa shape index (κ2) is 14.1. The number of carbonyl (C=O) groups is 2. The highest BCUT2D eigenvalue weighted by Gasteiger charge is 2.32. The third kappa shape index (κ3) is 8.25. The van der Waals surface area contributed by atoms with Gasteiger partial charge in [-0.15, -0.1) is 11.3 Å². The van der Waals surface area contributed by atoms with Crippen molar-refractivity contribution in [2.45, 2.75) is 45.0 Å². The number of aryl methyl sites for hydroxylation is 1. The van der Waals surface area contributed by atoms with Crippen molar-refractivity contribution in [2.24, 2.45) is 0 Å². The first kappa shape index (κ1) is 31.4. The van der Waals surface area contributed by atoms with Crippen LogP contribution in [0.2, 0.25) is 0 Å². The molecule has 1 aliphatic heterocycles. The second-order valence-electron chi connectivity index (χ2n) is 10.2. The molecule has 0 bridgehead atoms. The molecule has 1 aromatic heterocycles. The van der Waals surface area contributed by atoms with Gasteiger partial charge in [0.05, 0.1) is 32.4 Å². The summed E-state index contributed by atoms with van der Waals surface area (Å²) in [7, 11) is 3.12. The van der Waals surface area contributed by atoms with Gasteiger partial charge in [-0.2, -0.15) is 13.2 Å². The average molecular weight is 605 g/mol. The molecule has 226 valence electrons. The van der Waals surface area contributed by atoms with E-state index in [4.69, 9.17) is 14.2 Å². The van der Waals surface area contributed by atoms with E-state index in [2.05, 4.69) is 0 Å². The van der Waals surface area contributed by atoms with Gasteiger partial charge in [0.15, 0.2) is 11.5 Å². The zero-order valence-electron chi connectivity index (χ0n) is 23.9. The maximum Gasteiger partial charge on any atom is 0.416 e. The molecule has 2 amide bonds. The monoisotopic (exact) mass is 604 g/mol. The lowest BCUT2D eigenvalue weighted by Gasteiger charge is -2.29. The number of rotatable bonds is 12. The Hall–Kier alpha value is -3.57. The zero-order chi connectivity index (χ0) is 30.3. The molecular formula is C31H35F3N2O5S. The van der Waals surface area contributed by atoms with Crippen molar-refractivity contribution >= 4 is 23.2 Å². The van der Waals surface area contributed by atoms with Gasteiger partial charge < -0.3 is 24.0 Å². The van der Waals surface area contributed by atoms with Crippen molar-refractivity contribution in [3.8, 4) is 11.5 Å². The van der Waals surface area contributed by atoms with Crippen molar-refractivity contribution in [3.63, 3.8) is 0 Å². The fraction of sp³-hybridized carbons (Fsp3) is 0.419. The molecule has 3 aromatic rings. The Morgan fingerprint density at radius 2 is 1.81 bits per heavy atom. The first-order chi connectivity index (χ1) is 20.1. The van der Waals surface area contributed by atoms with E-state index in [0.29, 0.717) is 44.0 Å². The second-order valence-corrected chi connectivity index (χ2v) is 11.5. The van der Waals surface area contributed by atoms with E-state index < -0.39 is 17.6 Å². The molecule has 1 saturated heterocycles. The smallest absolute Gasteiger partial charge is 0.416 e. The molecule has 0 aliphatic carbocycles. The zero-order valence-corrected chi connectivity index (χ0v) is 24.7. The summed E-state index contributed by atoms with van der Waals surface area (Å²) in [6.07, 6.45) is -2.83. The molecular weight excluding hydrogens is 569 g/mol. The van der Waals surface area contributed by atoms with Crippen LogP contribution >= 0.6 is 11.3 Å². The molecule has 0 saturated carbocycles. The van der Waals surface area contributed by atoms with E-state index in [-0.39, 0.29) is 30.7 Å². The molecule has 1 unspecified atom stereocenters. The molecule has 1 fully saturated rings. The lowest BCUT2D eigenvalue weighted by Crippen LogP contribution is -2.46. The minimum atomic E-state index is -4.59. The van der Waals surface area contributed by atoms with E-state index in [9.17, 15) is 22.8 Å². The highest BCUT2D eigenvalue weighted by molar-refractivity contribution is 7.11. The summed E-state index contributed by atoms with van der Waals surface area (Å²) in [6, 6.07) is 13.8. The topological polar surface area (TPSA) is 68.3 Å². The van der Waals surface area contributed by atoms with E-state index in [1.807, 2.05) is 31.2 Å². The SMILES string of the molecule is COc1ccc(CCN(Cc2ccc(C)s2)C(=O)CN(CC2CCCO2)C(=O)c2cccc(C(F)(F)F)c2)cc1OC. The number of methoxy groups -OCH3 is 2. The Balaban J connectivity index is 1.56. The Morgan fingerprint density at radius 1 is 1.02 bits per heavy atom. The maximum absolute atomic E-state index is 13.8. The number of ether oxygens (including phenoxy) is 3. The quantitative estimate of drug-likeness (QED) is 0.254. The molecule has 1 aliphatic rings. The van der Waals surface area contributed by atoms with Gasteiger partial charge in [0.1, 0.15) is 6.54 Å². The van der Waals surface area contributed by atoms with Gasteiger partial charge in [0.2, 0.25) is 5.91 Å². The van der Waals surface area contributed by atoms with E-state index in [1.54, 1.807) is 36.5 Å². The van der Waals surface area contributed by atoms with Crippen LogP contribution in [0.15, 0.2) is 54.6 Å². The Kier molecular flexibility index (Phi) is 10.5. The van der Waals surface area contributed by atoms with Gasteiger partial charge in [-0.05, 0) is 74.2 Å². The summed E-state index contributed by atoms with van der Waals surface area (Å²) in [6.45, 7) is 3.06. The van der Waals surface area contributed by atoms with Crippen LogP contribution in [0.5, 0.6) is 11.5 Å². The third-order valence-corrected chi connectivity index (χ3v) is 8.10. The van der Waals surface area contributed by atoms with Crippen molar-refractivity contribution in [3.05, 3.63) is 81.0 Å². The Bertz CT molecular complexity index is 1370. The fourth-order valence-electron chi connectivity index (χ4n) is 4.88. The van der Waals surface area contributed by atoms with Crippen molar-refractivity contribution in [1.82, 2.24) is 9.80 Å². The summed E-state index contributed by atoms with van der Waals surface area (Å²) in [5, 5.41) is 0. The third-order valence-electron chi connectivity index (χ3n) is 7.11. The standard InChI is InChI=1S/C31H35F3N2O5S/c1-21-9-11-26(42-21)19-35(14-13-22-10-12-27(39-2)28(16-22)40-3)29(37)20-36(18-25-8-5-15-41-25)30(38)23-6-4-7-24(17-23)31(32,33)34/h4,6-7,9-12,16-17,25H,5,8,13-15,18-20H2,1-3H3. The Morgan fingerprint density at radius 3 is 2.45 bits per heavy atom. The van der Waals surface area contributed by atoms with Gasteiger partial charge in [0.25, 0.3) is 5.91 Å². The maximum atomic E-state index is 13.8. The van der Waals surface area contributed by atoms with Crippen LogP contribution in [0, 0.1) is 6.92 Å². The summed E-state index contributed by atoms with van der Waals surface area (Å²) in [5.74, 6) is 0.230. The van der Waals surface area contributed by atoms with Gasteiger partial charge in [-0.25, -0.2) is 0 Å². The molecule has 0 N–H and O–H groups in total. The van der Waals surface area contributed by atoms with Crippen LogP contribution in [-0.4, -0.2) is 68.2 Å². The van der Waals surface area contributed by atoms with Crippen LogP contribution in [0.4, 0.5) is 13.2 Å². The molecule has 42 heavy (non-hydrogen) atoms. The van der Waals surface area contributed by atoms with Gasteiger partial charge in [-0.3, -0.25) is 9.59 Å². The normalized spacial score (nSPS) is 15.0. The predicted molar refractivity (Wildman–Crippen MR) is 154 cm³/mol. The molecule has 1 atom stereocenters. The number of halogens is 3. The number of benzene rings is 2.